The van der Waals surface area contributed by atoms with Gasteiger partial charge in [0.15, 0.2) is 0 Å². The van der Waals surface area contributed by atoms with Gasteiger partial charge in [-0.25, -0.2) is 0 Å². The molecular formula is C17H20. The van der Waals surface area contributed by atoms with Gasteiger partial charge in [-0.15, -0.1) is 0 Å². The lowest BCUT2D eigenvalue weighted by Crippen LogP contribution is -1.97. The number of benzene rings is 1. The normalized spacial score (nSPS) is 18.9. The topological polar surface area (TPSA) is 0 Å². The number of rotatable bonds is 4. The largest absolute Gasteiger partial charge is 0.0992 e. The van der Waals surface area contributed by atoms with Crippen LogP contribution in [0.5, 0.6) is 0 Å². The summed E-state index contributed by atoms with van der Waals surface area (Å²) < 4.78 is 0. The third kappa shape index (κ3) is 3.74. The Balaban J connectivity index is 1.88. The highest BCUT2D eigenvalue weighted by molar-refractivity contribution is 5.30. The molecule has 0 fully saturated rings. The van der Waals surface area contributed by atoms with Crippen molar-refractivity contribution in [3.63, 3.8) is 0 Å². The maximum Gasteiger partial charge on any atom is -0.00665 e. The van der Waals surface area contributed by atoms with E-state index in [0.29, 0.717) is 5.92 Å². The summed E-state index contributed by atoms with van der Waals surface area (Å²) in [4.78, 5) is 0. The van der Waals surface area contributed by atoms with E-state index in [1.54, 1.807) is 0 Å². The molecule has 1 aromatic rings. The van der Waals surface area contributed by atoms with Crippen LogP contribution in [0.1, 0.15) is 25.3 Å². The highest BCUT2D eigenvalue weighted by atomic mass is 14.1. The van der Waals surface area contributed by atoms with Crippen LogP contribution in [-0.4, -0.2) is 0 Å². The molecule has 0 amide bonds. The molecule has 0 aliphatic heterocycles. The van der Waals surface area contributed by atoms with Crippen molar-refractivity contribution in [1.29, 1.82) is 0 Å². The van der Waals surface area contributed by atoms with Crippen LogP contribution >= 0.6 is 0 Å². The highest BCUT2D eigenvalue weighted by Crippen LogP contribution is 2.22. The molecule has 0 spiro atoms. The summed E-state index contributed by atoms with van der Waals surface area (Å²) in [6, 6.07) is 10.6. The summed E-state index contributed by atoms with van der Waals surface area (Å²) in [7, 11) is 0. The Morgan fingerprint density at radius 1 is 1.24 bits per heavy atom. The predicted molar refractivity (Wildman–Crippen MR) is 74.9 cm³/mol. The van der Waals surface area contributed by atoms with Crippen LogP contribution in [-0.2, 0) is 6.42 Å². The molecule has 1 atom stereocenters. The fourth-order valence-electron chi connectivity index (χ4n) is 2.14. The van der Waals surface area contributed by atoms with Crippen LogP contribution in [0, 0.1) is 5.92 Å². The summed E-state index contributed by atoms with van der Waals surface area (Å²) in [5.41, 5.74) is 4.07. The monoisotopic (exact) mass is 224 g/mol. The Hall–Kier alpha value is -1.56. The zero-order chi connectivity index (χ0) is 12.1. The van der Waals surface area contributed by atoms with Gasteiger partial charge in [-0.05, 0) is 36.3 Å². The van der Waals surface area contributed by atoms with Crippen molar-refractivity contribution in [2.45, 2.75) is 26.2 Å². The van der Waals surface area contributed by atoms with Gasteiger partial charge in [-0.3, -0.25) is 0 Å². The first-order valence-corrected chi connectivity index (χ1v) is 6.32. The maximum atomic E-state index is 4.19. The fourth-order valence-corrected chi connectivity index (χ4v) is 2.14. The Kier molecular flexibility index (Phi) is 3.98. The van der Waals surface area contributed by atoms with E-state index in [9.17, 15) is 0 Å². The first kappa shape index (κ1) is 11.9. The van der Waals surface area contributed by atoms with Crippen LogP contribution < -0.4 is 0 Å². The quantitative estimate of drug-likeness (QED) is 0.650. The molecule has 2 rings (SSSR count). The van der Waals surface area contributed by atoms with E-state index in [-0.39, 0.29) is 0 Å². The minimum atomic E-state index is 0.695. The van der Waals surface area contributed by atoms with Crippen molar-refractivity contribution in [2.24, 2.45) is 5.92 Å². The van der Waals surface area contributed by atoms with Crippen LogP contribution in [0.4, 0.5) is 0 Å². The van der Waals surface area contributed by atoms with Gasteiger partial charge in [-0.1, -0.05) is 67.6 Å². The first-order valence-electron chi connectivity index (χ1n) is 6.32. The Bertz CT molecular complexity index is 434. The summed E-state index contributed by atoms with van der Waals surface area (Å²) in [6.45, 7) is 6.44. The molecule has 0 nitrogen and oxygen atoms in total. The van der Waals surface area contributed by atoms with Crippen molar-refractivity contribution < 1.29 is 0 Å². The number of allylic oxidation sites excluding steroid dienone is 5. The molecule has 1 aromatic carbocycles. The van der Waals surface area contributed by atoms with Crippen molar-refractivity contribution in [3.05, 3.63) is 71.8 Å². The second kappa shape index (κ2) is 5.67. The van der Waals surface area contributed by atoms with Crippen LogP contribution in [0.25, 0.3) is 0 Å². The average Bonchev–Trinajstić information content (AvgIpc) is 2.33. The van der Waals surface area contributed by atoms with Crippen molar-refractivity contribution in [3.8, 4) is 0 Å². The number of hydrogen-bond acceptors (Lipinski definition) is 0. The molecule has 0 heterocycles. The molecule has 1 aliphatic carbocycles. The van der Waals surface area contributed by atoms with Crippen LogP contribution in [0.3, 0.4) is 0 Å². The average molecular weight is 224 g/mol. The van der Waals surface area contributed by atoms with Gasteiger partial charge in [0.2, 0.25) is 0 Å². The molecule has 0 aromatic heterocycles. The SMILES string of the molecule is C=C(CC1=CCC(C)C=C1)Cc1ccccc1. The van der Waals surface area contributed by atoms with Gasteiger partial charge < -0.3 is 0 Å². The summed E-state index contributed by atoms with van der Waals surface area (Å²) in [5, 5.41) is 0. The van der Waals surface area contributed by atoms with E-state index in [1.165, 1.54) is 23.1 Å². The second-order valence-corrected chi connectivity index (χ2v) is 4.94. The summed E-state index contributed by atoms with van der Waals surface area (Å²) in [6.07, 6.45) is 10.1. The minimum Gasteiger partial charge on any atom is -0.0992 e. The van der Waals surface area contributed by atoms with E-state index in [4.69, 9.17) is 0 Å². The third-order valence-corrected chi connectivity index (χ3v) is 3.14. The molecular weight excluding hydrogens is 204 g/mol. The second-order valence-electron chi connectivity index (χ2n) is 4.94. The fraction of sp³-hybridized carbons (Fsp3) is 0.294. The third-order valence-electron chi connectivity index (χ3n) is 3.14. The van der Waals surface area contributed by atoms with Crippen molar-refractivity contribution in [1.82, 2.24) is 0 Å². The van der Waals surface area contributed by atoms with Crippen LogP contribution in [0.2, 0.25) is 0 Å². The van der Waals surface area contributed by atoms with Gasteiger partial charge in [0.05, 0.1) is 0 Å². The molecule has 0 radical (unpaired) electrons. The molecule has 0 N–H and O–H groups in total. The van der Waals surface area contributed by atoms with E-state index < -0.39 is 0 Å². The van der Waals surface area contributed by atoms with Crippen molar-refractivity contribution in [2.75, 3.05) is 0 Å². The zero-order valence-electron chi connectivity index (χ0n) is 10.5. The highest BCUT2D eigenvalue weighted by Gasteiger charge is 2.05. The maximum absolute atomic E-state index is 4.19. The van der Waals surface area contributed by atoms with E-state index >= 15 is 0 Å². The van der Waals surface area contributed by atoms with E-state index in [0.717, 1.165) is 12.8 Å². The smallest absolute Gasteiger partial charge is 0.00665 e. The molecule has 88 valence electrons. The van der Waals surface area contributed by atoms with Gasteiger partial charge in [-0.2, -0.15) is 0 Å². The van der Waals surface area contributed by atoms with Crippen molar-refractivity contribution >= 4 is 0 Å². The van der Waals surface area contributed by atoms with Gasteiger partial charge in [0, 0.05) is 0 Å². The Morgan fingerprint density at radius 2 is 2.00 bits per heavy atom. The van der Waals surface area contributed by atoms with Gasteiger partial charge >= 0.3 is 0 Å². The Labute approximate surface area is 104 Å². The first-order chi connectivity index (χ1) is 8.24. The Morgan fingerprint density at radius 3 is 2.65 bits per heavy atom. The molecule has 0 saturated carbocycles. The molecule has 0 bridgehead atoms. The summed E-state index contributed by atoms with van der Waals surface area (Å²) in [5.74, 6) is 0.695. The minimum absolute atomic E-state index is 0.695. The van der Waals surface area contributed by atoms with Gasteiger partial charge in [0.1, 0.15) is 0 Å². The van der Waals surface area contributed by atoms with Gasteiger partial charge in [0.25, 0.3) is 0 Å². The van der Waals surface area contributed by atoms with E-state index in [1.807, 2.05) is 0 Å². The lowest BCUT2D eigenvalue weighted by molar-refractivity contribution is 0.727. The standard InChI is InChI=1S/C17H20/c1-14-8-10-17(11-9-14)13-15(2)12-16-6-4-3-5-7-16/h3-8,10-11,14H,2,9,12-13H2,1H3. The van der Waals surface area contributed by atoms with E-state index in [2.05, 4.69) is 62.1 Å². The predicted octanol–water partition coefficient (Wildman–Crippen LogP) is 4.70. The lowest BCUT2D eigenvalue weighted by Gasteiger charge is -2.13. The number of hydrogen-bond donors (Lipinski definition) is 0. The molecule has 1 aliphatic rings. The summed E-state index contributed by atoms with van der Waals surface area (Å²) >= 11 is 0. The molecule has 0 heteroatoms. The lowest BCUT2D eigenvalue weighted by atomic mass is 9.93. The zero-order valence-corrected chi connectivity index (χ0v) is 10.5. The molecule has 1 unspecified atom stereocenters. The molecule has 0 saturated heterocycles. The molecule has 17 heavy (non-hydrogen) atoms. The van der Waals surface area contributed by atoms with Crippen LogP contribution in [0.15, 0.2) is 66.3 Å².